The lowest BCUT2D eigenvalue weighted by Crippen LogP contribution is -2.08. The average molecular weight is 201 g/mol. The van der Waals surface area contributed by atoms with Crippen molar-refractivity contribution >= 4 is 17.0 Å². The molecule has 2 aromatic rings. The van der Waals surface area contributed by atoms with E-state index >= 15 is 0 Å². The van der Waals surface area contributed by atoms with Gasteiger partial charge >= 0.3 is 0 Å². The van der Waals surface area contributed by atoms with E-state index in [0.717, 1.165) is 17.7 Å². The SMILES string of the molecule is CNC/C(C)=C/c1coc2ccccc12. The molecule has 0 aliphatic carbocycles. The summed E-state index contributed by atoms with van der Waals surface area (Å²) >= 11 is 0. The summed E-state index contributed by atoms with van der Waals surface area (Å²) in [5.74, 6) is 0. The molecule has 0 saturated heterocycles. The zero-order valence-electron chi connectivity index (χ0n) is 9.08. The van der Waals surface area contributed by atoms with Gasteiger partial charge in [-0.1, -0.05) is 29.8 Å². The largest absolute Gasteiger partial charge is 0.464 e. The molecule has 0 radical (unpaired) electrons. The highest BCUT2D eigenvalue weighted by Gasteiger charge is 2.01. The first-order chi connectivity index (χ1) is 7.31. The van der Waals surface area contributed by atoms with Crippen LogP contribution in [0, 0.1) is 0 Å². The van der Waals surface area contributed by atoms with Crippen molar-refractivity contribution in [2.24, 2.45) is 0 Å². The number of benzene rings is 1. The van der Waals surface area contributed by atoms with Crippen LogP contribution in [0.25, 0.3) is 17.0 Å². The Hall–Kier alpha value is -1.54. The Kier molecular flexibility index (Phi) is 2.88. The molecular weight excluding hydrogens is 186 g/mol. The molecule has 0 amide bonds. The van der Waals surface area contributed by atoms with Crippen LogP contribution in [0.2, 0.25) is 0 Å². The Bertz CT molecular complexity index is 482. The van der Waals surface area contributed by atoms with E-state index in [1.165, 1.54) is 11.0 Å². The van der Waals surface area contributed by atoms with Crippen molar-refractivity contribution in [3.8, 4) is 0 Å². The third-order valence-electron chi connectivity index (χ3n) is 2.37. The van der Waals surface area contributed by atoms with Gasteiger partial charge in [-0.05, 0) is 20.0 Å². The van der Waals surface area contributed by atoms with Gasteiger partial charge in [0.1, 0.15) is 5.58 Å². The van der Waals surface area contributed by atoms with Gasteiger partial charge in [0.25, 0.3) is 0 Å². The summed E-state index contributed by atoms with van der Waals surface area (Å²) in [7, 11) is 1.95. The van der Waals surface area contributed by atoms with E-state index in [1.54, 1.807) is 0 Å². The molecule has 2 rings (SSSR count). The normalized spacial score (nSPS) is 12.3. The number of fused-ring (bicyclic) bond motifs is 1. The molecular formula is C13H15NO. The molecule has 1 N–H and O–H groups in total. The van der Waals surface area contributed by atoms with Crippen LogP contribution in [0.4, 0.5) is 0 Å². The number of para-hydroxylation sites is 1. The van der Waals surface area contributed by atoms with Crippen molar-refractivity contribution in [1.29, 1.82) is 0 Å². The lowest BCUT2D eigenvalue weighted by molar-refractivity contribution is 0.615. The van der Waals surface area contributed by atoms with E-state index in [1.807, 2.05) is 31.5 Å². The summed E-state index contributed by atoms with van der Waals surface area (Å²) < 4.78 is 5.46. The maximum atomic E-state index is 5.46. The van der Waals surface area contributed by atoms with Crippen LogP contribution in [-0.4, -0.2) is 13.6 Å². The van der Waals surface area contributed by atoms with Gasteiger partial charge in [-0.3, -0.25) is 0 Å². The maximum Gasteiger partial charge on any atom is 0.134 e. The fourth-order valence-electron chi connectivity index (χ4n) is 1.71. The first-order valence-corrected chi connectivity index (χ1v) is 5.09. The standard InChI is InChI=1S/C13H15NO/c1-10(8-14-2)7-11-9-15-13-6-4-3-5-12(11)13/h3-7,9,14H,8H2,1-2H3/b10-7+. The zero-order valence-corrected chi connectivity index (χ0v) is 9.08. The molecule has 0 atom stereocenters. The summed E-state index contributed by atoms with van der Waals surface area (Å²) in [6.07, 6.45) is 3.96. The number of rotatable bonds is 3. The molecule has 0 aliphatic rings. The number of nitrogens with one attached hydrogen (secondary N) is 1. The molecule has 0 bridgehead atoms. The van der Waals surface area contributed by atoms with E-state index in [-0.39, 0.29) is 0 Å². The highest BCUT2D eigenvalue weighted by molar-refractivity contribution is 5.87. The molecule has 1 aromatic carbocycles. The molecule has 0 aliphatic heterocycles. The Balaban J connectivity index is 2.40. The van der Waals surface area contributed by atoms with Gasteiger partial charge in [0, 0.05) is 17.5 Å². The number of hydrogen-bond donors (Lipinski definition) is 1. The first-order valence-electron chi connectivity index (χ1n) is 5.09. The van der Waals surface area contributed by atoms with Crippen molar-refractivity contribution in [2.75, 3.05) is 13.6 Å². The second-order valence-electron chi connectivity index (χ2n) is 3.71. The number of hydrogen-bond acceptors (Lipinski definition) is 2. The molecule has 78 valence electrons. The van der Waals surface area contributed by atoms with Gasteiger partial charge in [-0.15, -0.1) is 0 Å². The van der Waals surface area contributed by atoms with Crippen molar-refractivity contribution in [2.45, 2.75) is 6.92 Å². The van der Waals surface area contributed by atoms with Gasteiger partial charge in [0.2, 0.25) is 0 Å². The van der Waals surface area contributed by atoms with E-state index in [4.69, 9.17) is 4.42 Å². The van der Waals surface area contributed by atoms with E-state index < -0.39 is 0 Å². The Labute approximate surface area is 89.6 Å². The molecule has 2 heteroatoms. The van der Waals surface area contributed by atoms with Crippen LogP contribution in [0.5, 0.6) is 0 Å². The first kappa shape index (κ1) is 9.99. The minimum absolute atomic E-state index is 0.902. The lowest BCUT2D eigenvalue weighted by Gasteiger charge is -1.97. The molecule has 0 unspecified atom stereocenters. The van der Waals surface area contributed by atoms with Crippen LogP contribution in [-0.2, 0) is 0 Å². The van der Waals surface area contributed by atoms with Gasteiger partial charge in [0.05, 0.1) is 6.26 Å². The van der Waals surface area contributed by atoms with Crippen molar-refractivity contribution in [1.82, 2.24) is 5.32 Å². The van der Waals surface area contributed by atoms with Crippen LogP contribution in [0.1, 0.15) is 12.5 Å². The third kappa shape index (κ3) is 2.10. The van der Waals surface area contributed by atoms with Gasteiger partial charge < -0.3 is 9.73 Å². The highest BCUT2D eigenvalue weighted by atomic mass is 16.3. The van der Waals surface area contributed by atoms with Crippen molar-refractivity contribution < 1.29 is 4.42 Å². The summed E-state index contributed by atoms with van der Waals surface area (Å²) in [4.78, 5) is 0. The zero-order chi connectivity index (χ0) is 10.7. The molecule has 0 saturated carbocycles. The summed E-state index contributed by atoms with van der Waals surface area (Å²) in [5.41, 5.74) is 3.39. The highest BCUT2D eigenvalue weighted by Crippen LogP contribution is 2.22. The van der Waals surface area contributed by atoms with E-state index in [0.29, 0.717) is 0 Å². The summed E-state index contributed by atoms with van der Waals surface area (Å²) in [6.45, 7) is 3.01. The molecule has 0 spiro atoms. The molecule has 0 fully saturated rings. The van der Waals surface area contributed by atoms with Crippen LogP contribution in [0.3, 0.4) is 0 Å². The number of likely N-dealkylation sites (N-methyl/N-ethyl adjacent to an activating group) is 1. The quantitative estimate of drug-likeness (QED) is 0.825. The van der Waals surface area contributed by atoms with Crippen molar-refractivity contribution in [3.05, 3.63) is 41.7 Å². The fraction of sp³-hybridized carbons (Fsp3) is 0.231. The lowest BCUT2D eigenvalue weighted by atomic mass is 10.1. The van der Waals surface area contributed by atoms with Gasteiger partial charge in [-0.2, -0.15) is 0 Å². The van der Waals surface area contributed by atoms with E-state index in [2.05, 4.69) is 24.4 Å². The molecule has 1 aromatic heterocycles. The maximum absolute atomic E-state index is 5.46. The minimum Gasteiger partial charge on any atom is -0.464 e. The smallest absolute Gasteiger partial charge is 0.134 e. The van der Waals surface area contributed by atoms with Gasteiger partial charge in [0.15, 0.2) is 0 Å². The van der Waals surface area contributed by atoms with E-state index in [9.17, 15) is 0 Å². The topological polar surface area (TPSA) is 25.2 Å². The Morgan fingerprint density at radius 3 is 3.00 bits per heavy atom. The van der Waals surface area contributed by atoms with Gasteiger partial charge in [-0.25, -0.2) is 0 Å². The fourth-order valence-corrected chi connectivity index (χ4v) is 1.71. The van der Waals surface area contributed by atoms with Crippen LogP contribution >= 0.6 is 0 Å². The molecule has 2 nitrogen and oxygen atoms in total. The van der Waals surface area contributed by atoms with Crippen LogP contribution in [0.15, 0.2) is 40.5 Å². The summed E-state index contributed by atoms with van der Waals surface area (Å²) in [5, 5.41) is 4.30. The summed E-state index contributed by atoms with van der Waals surface area (Å²) in [6, 6.07) is 8.08. The second kappa shape index (κ2) is 4.32. The molecule has 1 heterocycles. The third-order valence-corrected chi connectivity index (χ3v) is 2.37. The predicted molar refractivity (Wildman–Crippen MR) is 63.8 cm³/mol. The Morgan fingerprint density at radius 2 is 2.20 bits per heavy atom. The van der Waals surface area contributed by atoms with Crippen molar-refractivity contribution in [3.63, 3.8) is 0 Å². The molecule has 15 heavy (non-hydrogen) atoms. The number of furan rings is 1. The Morgan fingerprint density at radius 1 is 1.40 bits per heavy atom. The predicted octanol–water partition coefficient (Wildman–Crippen LogP) is 3.06. The minimum atomic E-state index is 0.902. The van der Waals surface area contributed by atoms with Crippen LogP contribution < -0.4 is 5.32 Å². The average Bonchev–Trinajstić information content (AvgIpc) is 2.62. The second-order valence-corrected chi connectivity index (χ2v) is 3.71. The monoisotopic (exact) mass is 201 g/mol.